The Hall–Kier alpha value is -3.93. The molecule has 2 aliphatic heterocycles. The minimum atomic E-state index is -3.28. The summed E-state index contributed by atoms with van der Waals surface area (Å²) in [6.45, 7) is 3.44. The first kappa shape index (κ1) is 27.1. The molecule has 38 heavy (non-hydrogen) atoms. The van der Waals surface area contributed by atoms with Crippen LogP contribution in [0.15, 0.2) is 53.4 Å². The number of hydrogen-bond acceptors (Lipinski definition) is 7. The lowest BCUT2D eigenvalue weighted by atomic mass is 10.2. The summed E-state index contributed by atoms with van der Waals surface area (Å²) in [7, 11) is -3.28. The second-order valence-electron chi connectivity index (χ2n) is 9.18. The van der Waals surface area contributed by atoms with Gasteiger partial charge in [-0.05, 0) is 42.0 Å². The first-order chi connectivity index (χ1) is 18.0. The third-order valence-corrected chi connectivity index (χ3v) is 7.48. The number of piperazine rings is 1. The van der Waals surface area contributed by atoms with Crippen LogP contribution in [-0.4, -0.2) is 82.9 Å². The maximum atomic E-state index is 15.0. The second kappa shape index (κ2) is 11.2. The first-order valence-electron chi connectivity index (χ1n) is 12.1. The Kier molecular flexibility index (Phi) is 8.00. The predicted octanol–water partition coefficient (Wildman–Crippen LogP) is 2.05. The summed E-state index contributed by atoms with van der Waals surface area (Å²) < 4.78 is 43.4. The Balaban J connectivity index is 1.32. The van der Waals surface area contributed by atoms with Crippen molar-refractivity contribution in [2.24, 2.45) is 0 Å². The number of carbonyl (C=O) groups is 3. The number of nitrogens with zero attached hydrogens (tertiary/aromatic N) is 3. The van der Waals surface area contributed by atoms with Crippen molar-refractivity contribution in [2.75, 3.05) is 55.3 Å². The normalized spacial score (nSPS) is 18.1. The van der Waals surface area contributed by atoms with Crippen molar-refractivity contribution in [1.29, 1.82) is 0 Å². The zero-order valence-corrected chi connectivity index (χ0v) is 21.9. The molecule has 0 unspecified atom stereocenters. The van der Waals surface area contributed by atoms with Gasteiger partial charge in [-0.2, -0.15) is 0 Å². The van der Waals surface area contributed by atoms with Crippen molar-refractivity contribution < 1.29 is 31.9 Å². The Morgan fingerprint density at radius 1 is 1.11 bits per heavy atom. The number of ether oxygens (including phenoxy) is 1. The molecule has 2 heterocycles. The van der Waals surface area contributed by atoms with Crippen LogP contribution in [0.5, 0.6) is 0 Å². The van der Waals surface area contributed by atoms with E-state index in [9.17, 15) is 22.8 Å². The molecule has 2 saturated heterocycles. The quantitative estimate of drug-likeness (QED) is 0.531. The molecule has 0 aromatic heterocycles. The van der Waals surface area contributed by atoms with E-state index in [0.29, 0.717) is 43.1 Å². The third kappa shape index (κ3) is 6.49. The SMILES string of the molecule is CC(=O)NC[C@H]1CN(c2ccc(N3CCN(C(=O)/C=C/c4ccc(S(C)(=O)=O)cc4)CC3)c(F)c2)C(=O)O1. The Morgan fingerprint density at radius 2 is 1.79 bits per heavy atom. The average molecular weight is 545 g/mol. The van der Waals surface area contributed by atoms with Crippen molar-refractivity contribution in [3.05, 3.63) is 59.9 Å². The van der Waals surface area contributed by atoms with Crippen LogP contribution in [0.4, 0.5) is 20.6 Å². The molecule has 1 N–H and O–H groups in total. The molecular formula is C26H29FN4O6S. The molecule has 202 valence electrons. The van der Waals surface area contributed by atoms with E-state index in [-0.39, 0.29) is 29.8 Å². The van der Waals surface area contributed by atoms with Crippen LogP contribution in [0.3, 0.4) is 0 Å². The number of sulfone groups is 1. The van der Waals surface area contributed by atoms with E-state index in [0.717, 1.165) is 6.26 Å². The van der Waals surface area contributed by atoms with Gasteiger partial charge in [0.2, 0.25) is 11.8 Å². The Labute approximate surface area is 220 Å². The Morgan fingerprint density at radius 3 is 2.39 bits per heavy atom. The summed E-state index contributed by atoms with van der Waals surface area (Å²) in [6.07, 6.45) is 3.09. The van der Waals surface area contributed by atoms with E-state index in [1.165, 1.54) is 36.1 Å². The van der Waals surface area contributed by atoms with Crippen molar-refractivity contribution in [2.45, 2.75) is 17.9 Å². The number of rotatable bonds is 7. The first-order valence-corrected chi connectivity index (χ1v) is 13.9. The number of carbonyl (C=O) groups excluding carboxylic acids is 3. The van der Waals surface area contributed by atoms with E-state index in [1.54, 1.807) is 35.2 Å². The van der Waals surface area contributed by atoms with Crippen LogP contribution in [0.1, 0.15) is 12.5 Å². The molecule has 10 nitrogen and oxygen atoms in total. The monoisotopic (exact) mass is 544 g/mol. The van der Waals surface area contributed by atoms with Gasteiger partial charge in [0.15, 0.2) is 9.84 Å². The summed E-state index contributed by atoms with van der Waals surface area (Å²) in [5.74, 6) is -0.902. The molecule has 2 aliphatic rings. The molecule has 2 fully saturated rings. The standard InChI is InChI=1S/C26H29FN4O6S/c1-18(32)28-16-21-17-31(26(34)37-21)20-6-9-24(23(27)15-20)29-11-13-30(14-12-29)25(33)10-5-19-3-7-22(8-4-19)38(2,35)36/h3-10,15,21H,11-14,16-17H2,1-2H3,(H,28,32)/b10-5+/t21-/m0/s1. The minimum absolute atomic E-state index is 0.186. The fraction of sp³-hybridized carbons (Fsp3) is 0.346. The largest absolute Gasteiger partial charge is 0.442 e. The van der Waals surface area contributed by atoms with Gasteiger partial charge in [-0.25, -0.2) is 17.6 Å². The fourth-order valence-corrected chi connectivity index (χ4v) is 4.91. The third-order valence-electron chi connectivity index (χ3n) is 6.35. The molecule has 2 aromatic rings. The highest BCUT2D eigenvalue weighted by atomic mass is 32.2. The number of benzene rings is 2. The summed E-state index contributed by atoms with van der Waals surface area (Å²) >= 11 is 0. The summed E-state index contributed by atoms with van der Waals surface area (Å²) in [5, 5.41) is 2.60. The van der Waals surface area contributed by atoms with Gasteiger partial charge in [0, 0.05) is 45.4 Å². The summed E-state index contributed by atoms with van der Waals surface area (Å²) in [4.78, 5) is 41.0. The van der Waals surface area contributed by atoms with Gasteiger partial charge in [-0.15, -0.1) is 0 Å². The van der Waals surface area contributed by atoms with Gasteiger partial charge in [0.1, 0.15) is 11.9 Å². The van der Waals surface area contributed by atoms with Crippen LogP contribution < -0.4 is 15.1 Å². The van der Waals surface area contributed by atoms with Crippen molar-refractivity contribution in [3.8, 4) is 0 Å². The van der Waals surface area contributed by atoms with E-state index in [2.05, 4.69) is 5.32 Å². The lowest BCUT2D eigenvalue weighted by molar-refractivity contribution is -0.126. The second-order valence-corrected chi connectivity index (χ2v) is 11.2. The van der Waals surface area contributed by atoms with Crippen LogP contribution in [-0.2, 0) is 24.2 Å². The lowest BCUT2D eigenvalue weighted by Gasteiger charge is -2.36. The van der Waals surface area contributed by atoms with Crippen molar-refractivity contribution in [3.63, 3.8) is 0 Å². The Bertz CT molecular complexity index is 1350. The number of amides is 3. The van der Waals surface area contributed by atoms with Crippen LogP contribution >= 0.6 is 0 Å². The number of cyclic esters (lactones) is 1. The number of hydrogen-bond donors (Lipinski definition) is 1. The molecule has 0 saturated carbocycles. The highest BCUT2D eigenvalue weighted by Gasteiger charge is 2.33. The highest BCUT2D eigenvalue weighted by Crippen LogP contribution is 2.28. The topological polar surface area (TPSA) is 116 Å². The maximum absolute atomic E-state index is 15.0. The number of halogens is 1. The van der Waals surface area contributed by atoms with Crippen LogP contribution in [0, 0.1) is 5.82 Å². The van der Waals surface area contributed by atoms with Crippen molar-refractivity contribution >= 4 is 45.2 Å². The van der Waals surface area contributed by atoms with Gasteiger partial charge < -0.3 is 19.9 Å². The fourth-order valence-electron chi connectivity index (χ4n) is 4.28. The summed E-state index contributed by atoms with van der Waals surface area (Å²) in [5.41, 5.74) is 1.45. The molecular weight excluding hydrogens is 515 g/mol. The molecule has 4 rings (SSSR count). The molecule has 0 aliphatic carbocycles. The van der Waals surface area contributed by atoms with E-state index >= 15 is 4.39 Å². The molecule has 0 bridgehead atoms. The molecule has 2 aromatic carbocycles. The number of anilines is 2. The minimum Gasteiger partial charge on any atom is -0.442 e. The molecule has 1 atom stereocenters. The van der Waals surface area contributed by atoms with Gasteiger partial charge >= 0.3 is 6.09 Å². The van der Waals surface area contributed by atoms with Gasteiger partial charge in [-0.3, -0.25) is 14.5 Å². The molecule has 0 spiro atoms. The highest BCUT2D eigenvalue weighted by molar-refractivity contribution is 7.90. The average Bonchev–Trinajstić information content (AvgIpc) is 3.26. The van der Waals surface area contributed by atoms with E-state index in [1.807, 2.05) is 4.90 Å². The summed E-state index contributed by atoms with van der Waals surface area (Å²) in [6, 6.07) is 10.8. The van der Waals surface area contributed by atoms with Crippen LogP contribution in [0.2, 0.25) is 0 Å². The molecule has 0 radical (unpaired) electrons. The smallest absolute Gasteiger partial charge is 0.414 e. The van der Waals surface area contributed by atoms with Gasteiger partial charge in [0.25, 0.3) is 0 Å². The molecule has 3 amide bonds. The number of nitrogens with one attached hydrogen (secondary N) is 1. The van der Waals surface area contributed by atoms with Crippen molar-refractivity contribution in [1.82, 2.24) is 10.2 Å². The van der Waals surface area contributed by atoms with Crippen LogP contribution in [0.25, 0.3) is 6.08 Å². The maximum Gasteiger partial charge on any atom is 0.414 e. The van der Waals surface area contributed by atoms with E-state index < -0.39 is 27.9 Å². The zero-order chi connectivity index (χ0) is 27.4. The molecule has 12 heteroatoms. The van der Waals surface area contributed by atoms with Gasteiger partial charge in [-0.1, -0.05) is 12.1 Å². The predicted molar refractivity (Wildman–Crippen MR) is 140 cm³/mol. The zero-order valence-electron chi connectivity index (χ0n) is 21.1. The van der Waals surface area contributed by atoms with Gasteiger partial charge in [0.05, 0.1) is 29.4 Å². The van der Waals surface area contributed by atoms with E-state index in [4.69, 9.17) is 4.74 Å². The lowest BCUT2D eigenvalue weighted by Crippen LogP contribution is -2.48.